The number of hydrogen-bond acceptors (Lipinski definition) is 3. The summed E-state index contributed by atoms with van der Waals surface area (Å²) in [5.41, 5.74) is 0.186. The molecule has 0 saturated heterocycles. The van der Waals surface area contributed by atoms with Crippen LogP contribution in [0.5, 0.6) is 0 Å². The Morgan fingerprint density at radius 3 is 2.67 bits per heavy atom. The normalized spacial score (nSPS) is 17.8. The lowest BCUT2D eigenvalue weighted by Crippen LogP contribution is -2.37. The van der Waals surface area contributed by atoms with Crippen molar-refractivity contribution in [3.8, 4) is 6.07 Å². The number of nitriles is 1. The Morgan fingerprint density at radius 2 is 2.11 bits per heavy atom. The molecule has 1 aliphatic carbocycles. The Labute approximate surface area is 107 Å². The van der Waals surface area contributed by atoms with E-state index in [1.54, 1.807) is 12.3 Å². The van der Waals surface area contributed by atoms with E-state index in [9.17, 15) is 10.1 Å². The van der Waals surface area contributed by atoms with Crippen LogP contribution in [0.25, 0.3) is 0 Å². The third-order valence-corrected chi connectivity index (χ3v) is 3.51. The molecule has 0 radical (unpaired) electrons. The quantitative estimate of drug-likeness (QED) is 0.868. The Morgan fingerprint density at radius 1 is 1.39 bits per heavy atom. The number of amides is 1. The van der Waals surface area contributed by atoms with Crippen LogP contribution in [0.15, 0.2) is 18.3 Å². The average molecular weight is 243 g/mol. The lowest BCUT2D eigenvalue weighted by atomic mass is 9.74. The van der Waals surface area contributed by atoms with E-state index in [2.05, 4.69) is 16.4 Å². The van der Waals surface area contributed by atoms with Crippen molar-refractivity contribution in [3.63, 3.8) is 0 Å². The van der Waals surface area contributed by atoms with Gasteiger partial charge in [0.25, 0.3) is 0 Å². The summed E-state index contributed by atoms with van der Waals surface area (Å²) < 4.78 is 0. The van der Waals surface area contributed by atoms with E-state index < -0.39 is 5.41 Å². The summed E-state index contributed by atoms with van der Waals surface area (Å²) in [5, 5.41) is 12.1. The van der Waals surface area contributed by atoms with Gasteiger partial charge in [-0.25, -0.2) is 4.98 Å². The van der Waals surface area contributed by atoms with E-state index in [0.29, 0.717) is 18.7 Å². The first kappa shape index (κ1) is 12.6. The van der Waals surface area contributed by atoms with Gasteiger partial charge in [-0.05, 0) is 31.4 Å². The number of carbonyl (C=O) groups is 1. The summed E-state index contributed by atoms with van der Waals surface area (Å²) in [6.45, 7) is 1.94. The molecule has 0 bridgehead atoms. The average Bonchev–Trinajstić information content (AvgIpc) is 2.42. The highest BCUT2D eigenvalue weighted by Crippen LogP contribution is 2.36. The molecule has 1 aromatic rings. The molecule has 1 aliphatic rings. The molecule has 94 valence electrons. The Hall–Kier alpha value is -1.89. The number of rotatable bonds is 2. The molecule has 1 heterocycles. The molecular formula is C14H17N3O. The van der Waals surface area contributed by atoms with Crippen molar-refractivity contribution in [2.75, 3.05) is 5.32 Å². The molecule has 18 heavy (non-hydrogen) atoms. The zero-order valence-electron chi connectivity index (χ0n) is 10.6. The van der Waals surface area contributed by atoms with Crippen LogP contribution >= 0.6 is 0 Å². The summed E-state index contributed by atoms with van der Waals surface area (Å²) in [4.78, 5) is 16.4. The first-order valence-electron chi connectivity index (χ1n) is 6.32. The highest BCUT2D eigenvalue weighted by Gasteiger charge is 2.39. The molecule has 0 aliphatic heterocycles. The number of carbonyl (C=O) groups excluding carboxylic acids is 1. The van der Waals surface area contributed by atoms with Crippen molar-refractivity contribution in [2.24, 2.45) is 5.41 Å². The molecule has 1 aromatic heterocycles. The van der Waals surface area contributed by atoms with Gasteiger partial charge in [-0.1, -0.05) is 25.3 Å². The maximum Gasteiger partial charge on any atom is 0.246 e. The second kappa shape index (κ2) is 5.18. The van der Waals surface area contributed by atoms with Gasteiger partial charge in [0, 0.05) is 6.20 Å². The van der Waals surface area contributed by atoms with Crippen LogP contribution in [0.3, 0.4) is 0 Å². The van der Waals surface area contributed by atoms with E-state index in [-0.39, 0.29) is 5.91 Å². The molecule has 0 unspecified atom stereocenters. The standard InChI is InChI=1S/C14H17N3O/c1-11-5-6-12(16-9-11)17-13(18)14(10-15)7-3-2-4-8-14/h5-6,9H,2-4,7-8H2,1H3,(H,16,17,18). The van der Waals surface area contributed by atoms with Crippen molar-refractivity contribution in [3.05, 3.63) is 23.9 Å². The second-order valence-corrected chi connectivity index (χ2v) is 4.93. The van der Waals surface area contributed by atoms with Crippen molar-refractivity contribution in [1.82, 2.24) is 4.98 Å². The summed E-state index contributed by atoms with van der Waals surface area (Å²) in [6, 6.07) is 5.87. The molecule has 0 spiro atoms. The van der Waals surface area contributed by atoms with Crippen LogP contribution in [-0.2, 0) is 4.79 Å². The van der Waals surface area contributed by atoms with Crippen LogP contribution in [-0.4, -0.2) is 10.9 Å². The Balaban J connectivity index is 2.11. The van der Waals surface area contributed by atoms with Crippen LogP contribution in [0.1, 0.15) is 37.7 Å². The summed E-state index contributed by atoms with van der Waals surface area (Å²) in [6.07, 6.45) is 6.02. The topological polar surface area (TPSA) is 65.8 Å². The number of nitrogens with zero attached hydrogens (tertiary/aromatic N) is 2. The predicted molar refractivity (Wildman–Crippen MR) is 68.7 cm³/mol. The lowest BCUT2D eigenvalue weighted by Gasteiger charge is -2.28. The van der Waals surface area contributed by atoms with E-state index in [0.717, 1.165) is 24.8 Å². The summed E-state index contributed by atoms with van der Waals surface area (Å²) >= 11 is 0. The molecule has 4 nitrogen and oxygen atoms in total. The fraction of sp³-hybridized carbons (Fsp3) is 0.500. The molecule has 0 atom stereocenters. The molecule has 4 heteroatoms. The lowest BCUT2D eigenvalue weighted by molar-refractivity contribution is -0.124. The van der Waals surface area contributed by atoms with Gasteiger partial charge in [0.15, 0.2) is 0 Å². The van der Waals surface area contributed by atoms with Gasteiger partial charge in [-0.15, -0.1) is 0 Å². The van der Waals surface area contributed by atoms with Gasteiger partial charge in [-0.3, -0.25) is 4.79 Å². The smallest absolute Gasteiger partial charge is 0.246 e. The van der Waals surface area contributed by atoms with Crippen LogP contribution in [0.4, 0.5) is 5.82 Å². The highest BCUT2D eigenvalue weighted by atomic mass is 16.2. The van der Waals surface area contributed by atoms with Gasteiger partial charge in [0.05, 0.1) is 6.07 Å². The minimum absolute atomic E-state index is 0.207. The molecule has 1 amide bonds. The third-order valence-electron chi connectivity index (χ3n) is 3.51. The van der Waals surface area contributed by atoms with Crippen LogP contribution in [0, 0.1) is 23.7 Å². The van der Waals surface area contributed by atoms with E-state index in [1.807, 2.05) is 13.0 Å². The number of hydrogen-bond donors (Lipinski definition) is 1. The summed E-state index contributed by atoms with van der Waals surface area (Å²) in [5.74, 6) is 0.312. The van der Waals surface area contributed by atoms with Gasteiger partial charge in [0.1, 0.15) is 11.2 Å². The predicted octanol–water partition coefficient (Wildman–Crippen LogP) is 2.80. The number of aromatic nitrogens is 1. The zero-order valence-corrected chi connectivity index (χ0v) is 10.6. The maximum absolute atomic E-state index is 12.2. The molecule has 2 rings (SSSR count). The fourth-order valence-corrected chi connectivity index (χ4v) is 2.32. The van der Waals surface area contributed by atoms with Gasteiger partial charge >= 0.3 is 0 Å². The summed E-state index contributed by atoms with van der Waals surface area (Å²) in [7, 11) is 0. The number of pyridine rings is 1. The minimum Gasteiger partial charge on any atom is -0.309 e. The number of nitrogens with one attached hydrogen (secondary N) is 1. The molecule has 0 aromatic carbocycles. The number of aryl methyl sites for hydroxylation is 1. The SMILES string of the molecule is Cc1ccc(NC(=O)C2(C#N)CCCCC2)nc1. The largest absolute Gasteiger partial charge is 0.309 e. The van der Waals surface area contributed by atoms with E-state index in [4.69, 9.17) is 0 Å². The van der Waals surface area contributed by atoms with Crippen LogP contribution in [0.2, 0.25) is 0 Å². The molecule has 1 fully saturated rings. The van der Waals surface area contributed by atoms with Crippen molar-refractivity contribution < 1.29 is 4.79 Å². The third kappa shape index (κ3) is 2.51. The number of anilines is 1. The highest BCUT2D eigenvalue weighted by molar-refractivity contribution is 5.96. The van der Waals surface area contributed by atoms with Crippen molar-refractivity contribution in [1.29, 1.82) is 5.26 Å². The maximum atomic E-state index is 12.2. The molecule has 1 saturated carbocycles. The van der Waals surface area contributed by atoms with Gasteiger partial charge in [0.2, 0.25) is 5.91 Å². The fourth-order valence-electron chi connectivity index (χ4n) is 2.32. The minimum atomic E-state index is -0.856. The van der Waals surface area contributed by atoms with Crippen LogP contribution < -0.4 is 5.32 Å². The molecule has 1 N–H and O–H groups in total. The van der Waals surface area contributed by atoms with E-state index in [1.165, 1.54) is 0 Å². The van der Waals surface area contributed by atoms with Crippen molar-refractivity contribution in [2.45, 2.75) is 39.0 Å². The van der Waals surface area contributed by atoms with E-state index >= 15 is 0 Å². The zero-order chi connectivity index (χ0) is 13.0. The Kier molecular flexibility index (Phi) is 3.61. The van der Waals surface area contributed by atoms with Gasteiger partial charge in [-0.2, -0.15) is 5.26 Å². The first-order chi connectivity index (χ1) is 8.66. The second-order valence-electron chi connectivity index (χ2n) is 4.93. The first-order valence-corrected chi connectivity index (χ1v) is 6.32. The molecular weight excluding hydrogens is 226 g/mol. The Bertz CT molecular complexity index is 467. The van der Waals surface area contributed by atoms with Crippen molar-refractivity contribution >= 4 is 11.7 Å². The monoisotopic (exact) mass is 243 g/mol. The van der Waals surface area contributed by atoms with Gasteiger partial charge < -0.3 is 5.32 Å².